The van der Waals surface area contributed by atoms with Gasteiger partial charge in [-0.25, -0.2) is 0 Å². The standard InChI is InChI=1S/C19H19NO6/c1-21-16-7-11(8-17(22-2)19(16)23-3)13-9-15(26-20-13)12-5-4-6-14-18(12)25-10-24-14/h4-8,15H,9-10H2,1-3H3. The molecule has 0 saturated heterocycles. The number of fused-ring (bicyclic) bond motifs is 1. The molecular formula is C19H19NO6. The van der Waals surface area contributed by atoms with Crippen LogP contribution in [0.2, 0.25) is 0 Å². The number of methoxy groups -OCH3 is 3. The summed E-state index contributed by atoms with van der Waals surface area (Å²) in [6, 6.07) is 9.49. The SMILES string of the molecule is COc1cc(C2=NOC(c3cccc4c3OCO4)C2)cc(OC)c1OC. The highest BCUT2D eigenvalue weighted by Crippen LogP contribution is 2.44. The number of rotatable bonds is 5. The van der Waals surface area contributed by atoms with Gasteiger partial charge in [0.1, 0.15) is 0 Å². The van der Waals surface area contributed by atoms with Gasteiger partial charge in [0, 0.05) is 17.5 Å². The Morgan fingerprint density at radius 1 is 1.00 bits per heavy atom. The highest BCUT2D eigenvalue weighted by molar-refractivity contribution is 6.02. The molecule has 1 atom stereocenters. The lowest BCUT2D eigenvalue weighted by molar-refractivity contribution is 0.0826. The van der Waals surface area contributed by atoms with Gasteiger partial charge in [-0.05, 0) is 18.2 Å². The maximum absolute atomic E-state index is 5.67. The summed E-state index contributed by atoms with van der Waals surface area (Å²) in [5, 5.41) is 4.26. The van der Waals surface area contributed by atoms with E-state index in [1.165, 1.54) is 0 Å². The van der Waals surface area contributed by atoms with E-state index in [2.05, 4.69) is 5.16 Å². The smallest absolute Gasteiger partial charge is 0.231 e. The highest BCUT2D eigenvalue weighted by Gasteiger charge is 2.30. The largest absolute Gasteiger partial charge is 0.493 e. The molecule has 0 spiro atoms. The van der Waals surface area contributed by atoms with Crippen LogP contribution >= 0.6 is 0 Å². The van der Waals surface area contributed by atoms with Gasteiger partial charge in [-0.15, -0.1) is 0 Å². The molecule has 0 aliphatic carbocycles. The molecule has 136 valence electrons. The lowest BCUT2D eigenvalue weighted by Gasteiger charge is -2.14. The zero-order valence-electron chi connectivity index (χ0n) is 14.8. The van der Waals surface area contributed by atoms with Gasteiger partial charge in [-0.3, -0.25) is 0 Å². The van der Waals surface area contributed by atoms with Crippen LogP contribution < -0.4 is 23.7 Å². The minimum Gasteiger partial charge on any atom is -0.493 e. The number of hydrogen-bond donors (Lipinski definition) is 0. The van der Waals surface area contributed by atoms with Gasteiger partial charge in [0.25, 0.3) is 0 Å². The fourth-order valence-corrected chi connectivity index (χ4v) is 3.17. The van der Waals surface area contributed by atoms with E-state index in [4.69, 9.17) is 28.5 Å². The van der Waals surface area contributed by atoms with Crippen LogP contribution in [0.25, 0.3) is 0 Å². The summed E-state index contributed by atoms with van der Waals surface area (Å²) in [7, 11) is 4.74. The second-order valence-electron chi connectivity index (χ2n) is 5.83. The van der Waals surface area contributed by atoms with E-state index in [0.29, 0.717) is 23.7 Å². The monoisotopic (exact) mass is 357 g/mol. The Kier molecular flexibility index (Phi) is 4.20. The maximum Gasteiger partial charge on any atom is 0.231 e. The molecule has 4 rings (SSSR count). The minimum absolute atomic E-state index is 0.222. The van der Waals surface area contributed by atoms with Crippen LogP contribution in [0.1, 0.15) is 23.7 Å². The summed E-state index contributed by atoms with van der Waals surface area (Å²) in [5.41, 5.74) is 2.57. The van der Waals surface area contributed by atoms with Gasteiger partial charge in [0.15, 0.2) is 29.1 Å². The van der Waals surface area contributed by atoms with Crippen LogP contribution in [0.15, 0.2) is 35.5 Å². The molecule has 2 aromatic rings. The number of oxime groups is 1. The molecule has 0 amide bonds. The number of para-hydroxylation sites is 1. The number of nitrogens with zero attached hydrogens (tertiary/aromatic N) is 1. The molecule has 0 bridgehead atoms. The lowest BCUT2D eigenvalue weighted by Crippen LogP contribution is -2.04. The molecule has 2 heterocycles. The van der Waals surface area contributed by atoms with E-state index < -0.39 is 0 Å². The van der Waals surface area contributed by atoms with Gasteiger partial charge in [-0.1, -0.05) is 17.3 Å². The van der Waals surface area contributed by atoms with Crippen LogP contribution in [0.4, 0.5) is 0 Å². The van der Waals surface area contributed by atoms with Gasteiger partial charge < -0.3 is 28.5 Å². The normalized spacial score (nSPS) is 17.5. The van der Waals surface area contributed by atoms with E-state index in [1.807, 2.05) is 30.3 Å². The van der Waals surface area contributed by atoms with E-state index in [1.54, 1.807) is 21.3 Å². The summed E-state index contributed by atoms with van der Waals surface area (Å²) < 4.78 is 27.2. The van der Waals surface area contributed by atoms with Crippen molar-refractivity contribution in [2.45, 2.75) is 12.5 Å². The Morgan fingerprint density at radius 3 is 2.46 bits per heavy atom. The van der Waals surface area contributed by atoms with Crippen LogP contribution in [0.3, 0.4) is 0 Å². The quantitative estimate of drug-likeness (QED) is 0.818. The maximum atomic E-state index is 5.67. The Balaban J connectivity index is 1.62. The van der Waals surface area contributed by atoms with Crippen molar-refractivity contribution in [2.75, 3.05) is 28.1 Å². The second kappa shape index (κ2) is 6.67. The van der Waals surface area contributed by atoms with Crippen molar-refractivity contribution in [1.29, 1.82) is 0 Å². The first-order chi connectivity index (χ1) is 12.7. The van der Waals surface area contributed by atoms with E-state index in [-0.39, 0.29) is 12.9 Å². The molecule has 2 aromatic carbocycles. The Hall–Kier alpha value is -3.09. The molecule has 0 fully saturated rings. The molecule has 0 aromatic heterocycles. The van der Waals surface area contributed by atoms with E-state index in [0.717, 1.165) is 28.3 Å². The first kappa shape index (κ1) is 16.4. The third-order valence-electron chi connectivity index (χ3n) is 4.44. The molecule has 7 heteroatoms. The topological polar surface area (TPSA) is 67.7 Å². The fraction of sp³-hybridized carbons (Fsp3) is 0.316. The highest BCUT2D eigenvalue weighted by atomic mass is 16.7. The van der Waals surface area contributed by atoms with Crippen molar-refractivity contribution in [3.63, 3.8) is 0 Å². The van der Waals surface area contributed by atoms with Gasteiger partial charge in [0.05, 0.1) is 27.0 Å². The zero-order valence-corrected chi connectivity index (χ0v) is 14.8. The predicted octanol–water partition coefficient (Wildman–Crippen LogP) is 3.31. The number of hydrogen-bond acceptors (Lipinski definition) is 7. The summed E-state index contributed by atoms with van der Waals surface area (Å²) >= 11 is 0. The van der Waals surface area contributed by atoms with Crippen molar-refractivity contribution in [2.24, 2.45) is 5.16 Å². The van der Waals surface area contributed by atoms with Gasteiger partial charge >= 0.3 is 0 Å². The first-order valence-electron chi connectivity index (χ1n) is 8.16. The molecule has 2 aliphatic heterocycles. The predicted molar refractivity (Wildman–Crippen MR) is 93.6 cm³/mol. The molecule has 0 N–H and O–H groups in total. The van der Waals surface area contributed by atoms with Crippen molar-refractivity contribution in [1.82, 2.24) is 0 Å². The molecule has 0 radical (unpaired) electrons. The van der Waals surface area contributed by atoms with Crippen LogP contribution in [0.5, 0.6) is 28.7 Å². The van der Waals surface area contributed by atoms with Crippen molar-refractivity contribution in [3.8, 4) is 28.7 Å². The summed E-state index contributed by atoms with van der Waals surface area (Å²) in [5.74, 6) is 3.14. The molecular weight excluding hydrogens is 338 g/mol. The second-order valence-corrected chi connectivity index (χ2v) is 5.83. The Labute approximate surface area is 151 Å². The molecule has 1 unspecified atom stereocenters. The zero-order chi connectivity index (χ0) is 18.1. The number of ether oxygens (including phenoxy) is 5. The lowest BCUT2D eigenvalue weighted by atomic mass is 9.99. The Bertz CT molecular complexity index is 838. The van der Waals surface area contributed by atoms with E-state index in [9.17, 15) is 0 Å². The third kappa shape index (κ3) is 2.65. The first-order valence-corrected chi connectivity index (χ1v) is 8.16. The van der Waals surface area contributed by atoms with Crippen LogP contribution in [0, 0.1) is 0 Å². The molecule has 2 aliphatic rings. The van der Waals surface area contributed by atoms with Gasteiger partial charge in [-0.2, -0.15) is 0 Å². The molecule has 0 saturated carbocycles. The van der Waals surface area contributed by atoms with Crippen molar-refractivity contribution < 1.29 is 28.5 Å². The average Bonchev–Trinajstić information content (AvgIpc) is 3.35. The van der Waals surface area contributed by atoms with Crippen molar-refractivity contribution >= 4 is 5.71 Å². The molecule has 26 heavy (non-hydrogen) atoms. The van der Waals surface area contributed by atoms with Crippen LogP contribution in [-0.4, -0.2) is 33.8 Å². The minimum atomic E-state index is -0.235. The van der Waals surface area contributed by atoms with Gasteiger partial charge in [0.2, 0.25) is 12.5 Å². The average molecular weight is 357 g/mol. The third-order valence-corrected chi connectivity index (χ3v) is 4.44. The summed E-state index contributed by atoms with van der Waals surface area (Å²) in [4.78, 5) is 5.67. The Morgan fingerprint density at radius 2 is 1.77 bits per heavy atom. The summed E-state index contributed by atoms with van der Waals surface area (Å²) in [6.45, 7) is 0.222. The number of benzene rings is 2. The molecule has 7 nitrogen and oxygen atoms in total. The summed E-state index contributed by atoms with van der Waals surface area (Å²) in [6.07, 6.45) is 0.360. The van der Waals surface area contributed by atoms with Crippen LogP contribution in [-0.2, 0) is 4.84 Å². The van der Waals surface area contributed by atoms with E-state index >= 15 is 0 Å². The van der Waals surface area contributed by atoms with Crippen molar-refractivity contribution in [3.05, 3.63) is 41.5 Å². The fourth-order valence-electron chi connectivity index (χ4n) is 3.17.